The van der Waals surface area contributed by atoms with Crippen molar-refractivity contribution < 1.29 is 0 Å². The summed E-state index contributed by atoms with van der Waals surface area (Å²) in [4.78, 5) is 3.13. The summed E-state index contributed by atoms with van der Waals surface area (Å²) in [5, 5.41) is 1.16. The minimum Gasteiger partial charge on any atom is -0.345 e. The van der Waals surface area contributed by atoms with E-state index >= 15 is 0 Å². The SMILES string of the molecule is S=c1ccc2cccc(Br)c2[nH]1. The highest BCUT2D eigenvalue weighted by Gasteiger charge is 1.95. The van der Waals surface area contributed by atoms with Gasteiger partial charge in [-0.2, -0.15) is 0 Å². The molecule has 0 saturated heterocycles. The van der Waals surface area contributed by atoms with Crippen molar-refractivity contribution in [3.05, 3.63) is 39.4 Å². The third-order valence-corrected chi connectivity index (χ3v) is 2.61. The maximum Gasteiger partial charge on any atom is 0.103 e. The standard InChI is InChI=1S/C9H6BrNS/c10-7-3-1-2-6-4-5-8(12)11-9(6)7/h1-5H,(H,11,12). The lowest BCUT2D eigenvalue weighted by Crippen LogP contribution is -1.79. The molecule has 0 aliphatic heterocycles. The first-order chi connectivity index (χ1) is 5.77. The van der Waals surface area contributed by atoms with E-state index in [1.54, 1.807) is 0 Å². The van der Waals surface area contributed by atoms with Gasteiger partial charge in [0.25, 0.3) is 0 Å². The second kappa shape index (κ2) is 2.99. The second-order valence-electron chi connectivity index (χ2n) is 2.53. The first kappa shape index (κ1) is 7.95. The quantitative estimate of drug-likeness (QED) is 0.695. The summed E-state index contributed by atoms with van der Waals surface area (Å²) in [6, 6.07) is 9.95. The van der Waals surface area contributed by atoms with Crippen LogP contribution >= 0.6 is 28.1 Å². The van der Waals surface area contributed by atoms with Gasteiger partial charge in [0.1, 0.15) is 4.64 Å². The maximum absolute atomic E-state index is 5.02. The third kappa shape index (κ3) is 1.30. The highest BCUT2D eigenvalue weighted by atomic mass is 79.9. The molecule has 12 heavy (non-hydrogen) atoms. The van der Waals surface area contributed by atoms with E-state index in [2.05, 4.69) is 20.9 Å². The van der Waals surface area contributed by atoms with Crippen LogP contribution in [-0.2, 0) is 0 Å². The number of pyridine rings is 1. The number of halogens is 1. The van der Waals surface area contributed by atoms with Gasteiger partial charge in [0.2, 0.25) is 0 Å². The molecule has 0 amide bonds. The number of hydrogen-bond acceptors (Lipinski definition) is 1. The van der Waals surface area contributed by atoms with E-state index in [0.29, 0.717) is 0 Å². The molecule has 1 aromatic carbocycles. The van der Waals surface area contributed by atoms with Crippen molar-refractivity contribution >= 4 is 39.1 Å². The van der Waals surface area contributed by atoms with Crippen molar-refractivity contribution in [3.63, 3.8) is 0 Å². The van der Waals surface area contributed by atoms with Crippen LogP contribution in [0.25, 0.3) is 10.9 Å². The molecule has 0 radical (unpaired) electrons. The van der Waals surface area contributed by atoms with Gasteiger partial charge in [0.05, 0.1) is 5.52 Å². The molecule has 1 N–H and O–H groups in total. The largest absolute Gasteiger partial charge is 0.345 e. The van der Waals surface area contributed by atoms with Crippen LogP contribution in [0.1, 0.15) is 0 Å². The van der Waals surface area contributed by atoms with Crippen LogP contribution in [-0.4, -0.2) is 4.98 Å². The topological polar surface area (TPSA) is 15.8 Å². The smallest absolute Gasteiger partial charge is 0.103 e. The van der Waals surface area contributed by atoms with Crippen molar-refractivity contribution in [1.29, 1.82) is 0 Å². The van der Waals surface area contributed by atoms with Crippen LogP contribution in [0.4, 0.5) is 0 Å². The van der Waals surface area contributed by atoms with E-state index in [9.17, 15) is 0 Å². The molecule has 0 unspecified atom stereocenters. The fourth-order valence-corrected chi connectivity index (χ4v) is 1.79. The van der Waals surface area contributed by atoms with Gasteiger partial charge in [0, 0.05) is 4.47 Å². The summed E-state index contributed by atoms with van der Waals surface area (Å²) in [7, 11) is 0. The lowest BCUT2D eigenvalue weighted by atomic mass is 10.2. The molecule has 0 spiro atoms. The molecule has 0 saturated carbocycles. The Labute approximate surface area is 83.6 Å². The van der Waals surface area contributed by atoms with E-state index in [-0.39, 0.29) is 0 Å². The Bertz CT molecular complexity index is 475. The molecular formula is C9H6BrNS. The molecule has 2 rings (SSSR count). The molecule has 1 heterocycles. The summed E-state index contributed by atoms with van der Waals surface area (Å²) in [5.41, 5.74) is 1.06. The summed E-state index contributed by atoms with van der Waals surface area (Å²) in [6.07, 6.45) is 0. The fourth-order valence-electron chi connectivity index (χ4n) is 1.14. The lowest BCUT2D eigenvalue weighted by molar-refractivity contribution is 1.37. The van der Waals surface area contributed by atoms with Crippen LogP contribution in [0.5, 0.6) is 0 Å². The van der Waals surface area contributed by atoms with Gasteiger partial charge in [-0.15, -0.1) is 0 Å². The van der Waals surface area contributed by atoms with Crippen LogP contribution in [0, 0.1) is 4.64 Å². The van der Waals surface area contributed by atoms with Crippen molar-refractivity contribution in [1.82, 2.24) is 4.98 Å². The third-order valence-electron chi connectivity index (χ3n) is 1.71. The summed E-state index contributed by atoms with van der Waals surface area (Å²) in [5.74, 6) is 0. The average molecular weight is 240 g/mol. The van der Waals surface area contributed by atoms with E-state index in [1.165, 1.54) is 0 Å². The Morgan fingerprint density at radius 2 is 2.00 bits per heavy atom. The molecule has 0 atom stereocenters. The number of fused-ring (bicyclic) bond motifs is 1. The molecule has 1 aromatic heterocycles. The van der Waals surface area contributed by atoms with Crippen LogP contribution in [0.2, 0.25) is 0 Å². The summed E-state index contributed by atoms with van der Waals surface area (Å²) < 4.78 is 1.81. The normalized spacial score (nSPS) is 10.4. The molecule has 3 heteroatoms. The zero-order valence-electron chi connectivity index (χ0n) is 6.17. The van der Waals surface area contributed by atoms with Crippen molar-refractivity contribution in [2.45, 2.75) is 0 Å². The Balaban J connectivity index is 2.97. The number of aromatic amines is 1. The molecular weight excluding hydrogens is 234 g/mol. The highest BCUT2D eigenvalue weighted by Crippen LogP contribution is 2.20. The van der Waals surface area contributed by atoms with E-state index in [4.69, 9.17) is 12.2 Å². The molecule has 1 nitrogen and oxygen atoms in total. The first-order valence-electron chi connectivity index (χ1n) is 3.55. The molecule has 60 valence electrons. The Kier molecular flexibility index (Phi) is 1.98. The van der Waals surface area contributed by atoms with Gasteiger partial charge < -0.3 is 4.98 Å². The fraction of sp³-hybridized carbons (Fsp3) is 0. The lowest BCUT2D eigenvalue weighted by Gasteiger charge is -1.98. The van der Waals surface area contributed by atoms with Gasteiger partial charge in [-0.05, 0) is 39.5 Å². The van der Waals surface area contributed by atoms with Crippen molar-refractivity contribution in [3.8, 4) is 0 Å². The molecule has 0 fully saturated rings. The summed E-state index contributed by atoms with van der Waals surface area (Å²) in [6.45, 7) is 0. The van der Waals surface area contributed by atoms with Gasteiger partial charge in [0.15, 0.2) is 0 Å². The van der Waals surface area contributed by atoms with Gasteiger partial charge in [-0.1, -0.05) is 24.4 Å². The van der Waals surface area contributed by atoms with Gasteiger partial charge in [-0.25, -0.2) is 0 Å². The zero-order valence-corrected chi connectivity index (χ0v) is 8.58. The van der Waals surface area contributed by atoms with Crippen LogP contribution in [0.3, 0.4) is 0 Å². The predicted molar refractivity (Wildman–Crippen MR) is 56.8 cm³/mol. The van der Waals surface area contributed by atoms with Crippen molar-refractivity contribution in [2.75, 3.05) is 0 Å². The number of aromatic nitrogens is 1. The van der Waals surface area contributed by atoms with E-state index in [0.717, 1.165) is 20.0 Å². The van der Waals surface area contributed by atoms with Crippen LogP contribution in [0.15, 0.2) is 34.8 Å². The highest BCUT2D eigenvalue weighted by molar-refractivity contribution is 9.10. The average Bonchev–Trinajstić information content (AvgIpc) is 2.07. The zero-order chi connectivity index (χ0) is 8.55. The van der Waals surface area contributed by atoms with Gasteiger partial charge in [-0.3, -0.25) is 0 Å². The maximum atomic E-state index is 5.02. The van der Waals surface area contributed by atoms with Crippen molar-refractivity contribution in [2.24, 2.45) is 0 Å². The number of para-hydroxylation sites is 1. The second-order valence-corrected chi connectivity index (χ2v) is 3.82. The predicted octanol–water partition coefficient (Wildman–Crippen LogP) is 3.66. The molecule has 0 bridgehead atoms. The summed E-state index contributed by atoms with van der Waals surface area (Å²) >= 11 is 8.48. The minimum atomic E-state index is 0.759. The Morgan fingerprint density at radius 3 is 2.83 bits per heavy atom. The number of H-pyrrole nitrogens is 1. The number of rotatable bonds is 0. The minimum absolute atomic E-state index is 0.759. The van der Waals surface area contributed by atoms with Gasteiger partial charge >= 0.3 is 0 Å². The molecule has 2 aromatic rings. The Morgan fingerprint density at radius 1 is 1.17 bits per heavy atom. The number of benzene rings is 1. The van der Waals surface area contributed by atoms with E-state index < -0.39 is 0 Å². The molecule has 0 aliphatic carbocycles. The number of nitrogens with one attached hydrogen (secondary N) is 1. The van der Waals surface area contributed by atoms with Crippen LogP contribution < -0.4 is 0 Å². The number of hydrogen-bond donors (Lipinski definition) is 1. The monoisotopic (exact) mass is 239 g/mol. The van der Waals surface area contributed by atoms with E-state index in [1.807, 2.05) is 30.3 Å². The molecule has 0 aliphatic rings. The Hall–Kier alpha value is -0.670. The first-order valence-corrected chi connectivity index (χ1v) is 4.75.